The number of nitrogens with zero attached hydrogens (tertiary/aromatic N) is 1. The molecule has 2 aliphatic rings. The Morgan fingerprint density at radius 3 is 2.94 bits per heavy atom. The summed E-state index contributed by atoms with van der Waals surface area (Å²) < 4.78 is 54.8. The lowest BCUT2D eigenvalue weighted by molar-refractivity contribution is -0.205. The fourth-order valence-electron chi connectivity index (χ4n) is 3.20. The van der Waals surface area contributed by atoms with Gasteiger partial charge in [0.1, 0.15) is 23.8 Å². The number of halogens is 2. The third-order valence-electron chi connectivity index (χ3n) is 4.85. The number of aromatic amines is 1. The van der Waals surface area contributed by atoms with Gasteiger partial charge in [-0.05, 0) is 18.3 Å². The van der Waals surface area contributed by atoms with Crippen molar-refractivity contribution in [2.24, 2.45) is 0 Å². The van der Waals surface area contributed by atoms with Crippen molar-refractivity contribution in [2.75, 3.05) is 13.7 Å². The lowest BCUT2D eigenvalue weighted by atomic mass is 10.1. The van der Waals surface area contributed by atoms with Crippen LogP contribution in [0.2, 0.25) is 5.02 Å². The van der Waals surface area contributed by atoms with Crippen molar-refractivity contribution in [3.63, 3.8) is 0 Å². The number of para-hydroxylation sites is 1. The van der Waals surface area contributed by atoms with Crippen molar-refractivity contribution in [1.82, 2.24) is 9.55 Å². The number of phosphoric acid groups is 1. The number of H-pyrrole nitrogens is 1. The van der Waals surface area contributed by atoms with E-state index in [1.807, 2.05) is 0 Å². The van der Waals surface area contributed by atoms with Crippen LogP contribution >= 0.6 is 31.6 Å². The number of benzene rings is 1. The number of aliphatic hydroxyl groups is 2. The van der Waals surface area contributed by atoms with Gasteiger partial charge in [0.25, 0.3) is 11.4 Å². The minimum atomic E-state index is -4.33. The lowest BCUT2D eigenvalue weighted by Crippen LogP contribution is -2.43. The van der Waals surface area contributed by atoms with Gasteiger partial charge >= 0.3 is 7.82 Å². The van der Waals surface area contributed by atoms with Crippen LogP contribution in [0, 0.1) is 4.77 Å². The number of rotatable bonds is 5. The van der Waals surface area contributed by atoms with E-state index in [1.165, 1.54) is 7.11 Å². The summed E-state index contributed by atoms with van der Waals surface area (Å²) in [6.45, 7) is -1.29. The average Bonchev–Trinajstić information content (AvgIpc) is 2.99. The van der Waals surface area contributed by atoms with E-state index < -0.39 is 44.3 Å². The molecule has 5 atom stereocenters. The summed E-state index contributed by atoms with van der Waals surface area (Å²) >= 11 is 10.7. The van der Waals surface area contributed by atoms with Gasteiger partial charge in [0.2, 0.25) is 0 Å². The molecule has 3 heterocycles. The minimum absolute atomic E-state index is 0.109. The number of phosphoric ester groups is 1. The van der Waals surface area contributed by atoms with Crippen molar-refractivity contribution in [2.45, 2.75) is 30.9 Å². The second kappa shape index (κ2) is 8.50. The Morgan fingerprint density at radius 2 is 2.22 bits per heavy atom. The van der Waals surface area contributed by atoms with Crippen molar-refractivity contribution in [1.29, 1.82) is 0 Å². The van der Waals surface area contributed by atoms with Crippen molar-refractivity contribution < 1.29 is 42.2 Å². The van der Waals surface area contributed by atoms with Crippen LogP contribution in [-0.4, -0.2) is 51.5 Å². The van der Waals surface area contributed by atoms with E-state index in [0.29, 0.717) is 5.56 Å². The molecule has 0 saturated carbocycles. The Kier molecular flexibility index (Phi) is 6.20. The minimum Gasteiger partial charge on any atom is -0.493 e. The van der Waals surface area contributed by atoms with Crippen molar-refractivity contribution >= 4 is 31.6 Å². The predicted molar refractivity (Wildman–Crippen MR) is 109 cm³/mol. The molecule has 1 fully saturated rings. The zero-order valence-corrected chi connectivity index (χ0v) is 18.7. The highest BCUT2D eigenvalue weighted by atomic mass is 35.5. The number of alkyl halides is 1. The van der Waals surface area contributed by atoms with Gasteiger partial charge in [-0.3, -0.25) is 23.4 Å². The van der Waals surface area contributed by atoms with E-state index in [9.17, 15) is 19.6 Å². The molecule has 1 saturated heterocycles. The van der Waals surface area contributed by atoms with Crippen LogP contribution in [0.25, 0.3) is 0 Å². The molecule has 0 aliphatic carbocycles. The summed E-state index contributed by atoms with van der Waals surface area (Å²) in [6.07, 6.45) is -4.53. The summed E-state index contributed by atoms with van der Waals surface area (Å²) in [6, 6.07) is 4.90. The molecule has 15 heteroatoms. The molecular formula is C17H17ClFN2O9PS. The summed E-state index contributed by atoms with van der Waals surface area (Å²) in [4.78, 5) is 13.8. The number of aromatic nitrogens is 2. The van der Waals surface area contributed by atoms with Gasteiger partial charge in [-0.15, -0.1) is 0 Å². The maximum atomic E-state index is 15.4. The van der Waals surface area contributed by atoms with Gasteiger partial charge in [0.15, 0.2) is 22.5 Å². The Bertz CT molecular complexity index is 1200. The van der Waals surface area contributed by atoms with Gasteiger partial charge in [-0.2, -0.15) is 0 Å². The maximum absolute atomic E-state index is 15.4. The molecule has 32 heavy (non-hydrogen) atoms. The van der Waals surface area contributed by atoms with Gasteiger partial charge in [-0.25, -0.2) is 8.96 Å². The first-order valence-corrected chi connectivity index (χ1v) is 11.3. The number of nitrogens with one attached hydrogen (secondary N) is 1. The van der Waals surface area contributed by atoms with Gasteiger partial charge < -0.3 is 24.2 Å². The Labute approximate surface area is 189 Å². The molecule has 3 N–H and O–H groups in total. The van der Waals surface area contributed by atoms with Crippen molar-refractivity contribution in [3.8, 4) is 11.5 Å². The van der Waals surface area contributed by atoms with Gasteiger partial charge in [0.05, 0.1) is 13.7 Å². The third-order valence-corrected chi connectivity index (χ3v) is 6.73. The molecule has 4 rings (SSSR count). The second-order valence-electron chi connectivity index (χ2n) is 6.91. The summed E-state index contributed by atoms with van der Waals surface area (Å²) in [5, 5.41) is 20.2. The number of methoxy groups -OCH3 is 1. The first-order chi connectivity index (χ1) is 15.1. The van der Waals surface area contributed by atoms with E-state index in [1.54, 1.807) is 18.2 Å². The highest BCUT2D eigenvalue weighted by Gasteiger charge is 2.57. The third kappa shape index (κ3) is 4.11. The standard InChI is InChI=1S/C17H17ClFN2O9PS/c1-26-10-4-2-3-8-6-27-31(25,30-12(8)10)28-7-17(19)13(23)11(22)15(29-17)21-5-9(18)14(24)20-16(21)32/h2-5,11,13,15,22-23H,6-7H2,1H3,(H,20,24,32)/t11-,13+,15-,17-,31?/m1/s1. The number of ether oxygens (including phenoxy) is 2. The maximum Gasteiger partial charge on any atom is 0.530 e. The van der Waals surface area contributed by atoms with Crippen molar-refractivity contribution in [3.05, 3.63) is 50.1 Å². The van der Waals surface area contributed by atoms with Crippen LogP contribution in [0.3, 0.4) is 0 Å². The number of hydrogen-bond donors (Lipinski definition) is 3. The van der Waals surface area contributed by atoms with Crippen LogP contribution in [-0.2, 0) is 25.0 Å². The topological polar surface area (TPSA) is 141 Å². The summed E-state index contributed by atoms with van der Waals surface area (Å²) in [5.41, 5.74) is -0.164. The SMILES string of the molecule is COc1cccc2c1OP(=O)(OC[C@@]1(F)O[C@@H](n3cc(Cl)c(=O)[nH]c3=S)[C@H](O)[C@@H]1O)OC2. The number of hydrogen-bond acceptors (Lipinski definition) is 10. The zero-order chi connectivity index (χ0) is 23.3. The summed E-state index contributed by atoms with van der Waals surface area (Å²) in [7, 11) is -2.95. The Morgan fingerprint density at radius 1 is 1.47 bits per heavy atom. The Balaban J connectivity index is 1.53. The van der Waals surface area contributed by atoms with E-state index in [0.717, 1.165) is 10.8 Å². The van der Waals surface area contributed by atoms with Gasteiger partial charge in [0, 0.05) is 11.8 Å². The van der Waals surface area contributed by atoms with E-state index in [-0.39, 0.29) is 27.9 Å². The molecule has 0 spiro atoms. The molecule has 0 radical (unpaired) electrons. The molecule has 0 amide bonds. The average molecular weight is 511 g/mol. The largest absolute Gasteiger partial charge is 0.530 e. The molecule has 1 aromatic heterocycles. The molecule has 1 unspecified atom stereocenters. The molecule has 1 aromatic carbocycles. The quantitative estimate of drug-likeness (QED) is 0.405. The highest BCUT2D eigenvalue weighted by molar-refractivity contribution is 7.71. The van der Waals surface area contributed by atoms with E-state index in [4.69, 9.17) is 46.9 Å². The van der Waals surface area contributed by atoms with E-state index >= 15 is 4.39 Å². The smallest absolute Gasteiger partial charge is 0.493 e. The number of aliphatic hydroxyl groups excluding tert-OH is 2. The van der Waals surface area contributed by atoms with Crippen LogP contribution in [0.1, 0.15) is 11.8 Å². The predicted octanol–water partition coefficient (Wildman–Crippen LogP) is 2.22. The first-order valence-electron chi connectivity index (χ1n) is 9.05. The second-order valence-corrected chi connectivity index (χ2v) is 9.29. The Hall–Kier alpha value is -1.83. The van der Waals surface area contributed by atoms with Crippen LogP contribution < -0.4 is 14.8 Å². The van der Waals surface area contributed by atoms with Crippen LogP contribution in [0.5, 0.6) is 11.5 Å². The fourth-order valence-corrected chi connectivity index (χ4v) is 4.84. The summed E-state index contributed by atoms with van der Waals surface area (Å²) in [5.74, 6) is -2.66. The molecule has 2 aliphatic heterocycles. The molecule has 174 valence electrons. The molecule has 2 aromatic rings. The van der Waals surface area contributed by atoms with Crippen LogP contribution in [0.15, 0.2) is 29.2 Å². The first kappa shape index (κ1) is 23.3. The highest BCUT2D eigenvalue weighted by Crippen LogP contribution is 2.57. The molecule has 11 nitrogen and oxygen atoms in total. The molecule has 0 bridgehead atoms. The van der Waals surface area contributed by atoms with E-state index in [2.05, 4.69) is 4.98 Å². The lowest BCUT2D eigenvalue weighted by Gasteiger charge is -2.29. The van der Waals surface area contributed by atoms with Crippen LogP contribution in [0.4, 0.5) is 4.39 Å². The fraction of sp³-hybridized carbons (Fsp3) is 0.412. The monoisotopic (exact) mass is 510 g/mol. The number of fused-ring (bicyclic) bond motifs is 1. The normalized spacial score (nSPS) is 31.7. The zero-order valence-electron chi connectivity index (χ0n) is 16.3. The molecular weight excluding hydrogens is 494 g/mol. The van der Waals surface area contributed by atoms with Gasteiger partial charge in [-0.1, -0.05) is 23.7 Å².